The Hall–Kier alpha value is -1.09. The molecule has 0 radical (unpaired) electrons. The zero-order valence-corrected chi connectivity index (χ0v) is 10.2. The maximum Gasteiger partial charge on any atom is 0.125 e. The highest BCUT2D eigenvalue weighted by Crippen LogP contribution is 2.39. The monoisotopic (exact) mass is 234 g/mol. The van der Waals surface area contributed by atoms with Crippen molar-refractivity contribution in [2.24, 2.45) is 5.73 Å². The first kappa shape index (κ1) is 11.0. The first-order valence-electron chi connectivity index (χ1n) is 6.44. The lowest BCUT2D eigenvalue weighted by molar-refractivity contribution is 0.414. The van der Waals surface area contributed by atoms with Gasteiger partial charge in [-0.1, -0.05) is 0 Å². The molecule has 1 aromatic rings. The highest BCUT2D eigenvalue weighted by molar-refractivity contribution is 5.52. The van der Waals surface area contributed by atoms with Gasteiger partial charge in [-0.2, -0.15) is 0 Å². The van der Waals surface area contributed by atoms with Gasteiger partial charge in [0.25, 0.3) is 0 Å². The van der Waals surface area contributed by atoms with Crippen LogP contribution in [0, 0.1) is 12.7 Å². The molecule has 2 atom stereocenters. The smallest absolute Gasteiger partial charge is 0.125 e. The largest absolute Gasteiger partial charge is 0.365 e. The summed E-state index contributed by atoms with van der Waals surface area (Å²) < 4.78 is 13.5. The van der Waals surface area contributed by atoms with Gasteiger partial charge in [0.15, 0.2) is 0 Å². The molecule has 2 N–H and O–H groups in total. The first-order chi connectivity index (χ1) is 8.13. The lowest BCUT2D eigenvalue weighted by Crippen LogP contribution is -2.47. The molecule has 0 aromatic heterocycles. The summed E-state index contributed by atoms with van der Waals surface area (Å²) in [5, 5.41) is 0. The van der Waals surface area contributed by atoms with Crippen LogP contribution in [0.3, 0.4) is 0 Å². The molecule has 2 saturated heterocycles. The molecule has 0 saturated carbocycles. The first-order valence-corrected chi connectivity index (χ1v) is 6.44. The van der Waals surface area contributed by atoms with Crippen LogP contribution >= 0.6 is 0 Å². The van der Waals surface area contributed by atoms with Crippen molar-refractivity contribution in [3.63, 3.8) is 0 Å². The molecule has 2 aliphatic heterocycles. The van der Waals surface area contributed by atoms with Crippen LogP contribution in [0.15, 0.2) is 18.2 Å². The van der Waals surface area contributed by atoms with E-state index in [0.717, 1.165) is 24.1 Å². The van der Waals surface area contributed by atoms with Crippen LogP contribution in [0.2, 0.25) is 0 Å². The minimum atomic E-state index is -0.130. The summed E-state index contributed by atoms with van der Waals surface area (Å²) in [7, 11) is 0. The fourth-order valence-corrected chi connectivity index (χ4v) is 3.51. The Morgan fingerprint density at radius 1 is 1.18 bits per heavy atom. The molecule has 92 valence electrons. The number of nitrogens with zero attached hydrogens (tertiary/aromatic N) is 1. The van der Waals surface area contributed by atoms with Crippen molar-refractivity contribution in [1.29, 1.82) is 0 Å². The van der Waals surface area contributed by atoms with E-state index in [0.29, 0.717) is 18.1 Å². The fraction of sp³-hybridized carbons (Fsp3) is 0.571. The third kappa shape index (κ3) is 1.93. The number of nitrogens with two attached hydrogens (primary N) is 1. The zero-order chi connectivity index (χ0) is 12.0. The second-order valence-electron chi connectivity index (χ2n) is 5.51. The average molecular weight is 234 g/mol. The molecule has 17 heavy (non-hydrogen) atoms. The van der Waals surface area contributed by atoms with Gasteiger partial charge in [0.2, 0.25) is 0 Å². The number of hydrogen-bond acceptors (Lipinski definition) is 2. The molecule has 0 spiro atoms. The van der Waals surface area contributed by atoms with Crippen molar-refractivity contribution in [2.75, 3.05) is 4.90 Å². The molecule has 3 heteroatoms. The van der Waals surface area contributed by atoms with E-state index in [1.165, 1.54) is 12.8 Å². The van der Waals surface area contributed by atoms with Crippen molar-refractivity contribution in [3.8, 4) is 0 Å². The summed E-state index contributed by atoms with van der Waals surface area (Å²) in [6, 6.07) is 6.70. The van der Waals surface area contributed by atoms with Crippen molar-refractivity contribution in [2.45, 2.75) is 50.7 Å². The van der Waals surface area contributed by atoms with E-state index in [4.69, 9.17) is 5.73 Å². The van der Waals surface area contributed by atoms with Crippen LogP contribution in [0.25, 0.3) is 0 Å². The van der Waals surface area contributed by atoms with Gasteiger partial charge < -0.3 is 10.6 Å². The summed E-state index contributed by atoms with van der Waals surface area (Å²) in [5.74, 6) is -0.130. The molecule has 0 aliphatic carbocycles. The van der Waals surface area contributed by atoms with Crippen molar-refractivity contribution in [1.82, 2.24) is 0 Å². The molecule has 2 aliphatic rings. The Morgan fingerprint density at radius 2 is 1.82 bits per heavy atom. The number of rotatable bonds is 1. The standard InChI is InChI=1S/C14H19FN2/c1-9-4-10(15)6-14(5-9)17-12-2-3-13(17)8-11(16)7-12/h4-6,11-13H,2-3,7-8,16H2,1H3. The highest BCUT2D eigenvalue weighted by Gasteiger charge is 2.39. The zero-order valence-electron chi connectivity index (χ0n) is 10.2. The van der Waals surface area contributed by atoms with Crippen LogP contribution in [-0.2, 0) is 0 Å². The van der Waals surface area contributed by atoms with Crippen molar-refractivity contribution >= 4 is 5.69 Å². The lowest BCUT2D eigenvalue weighted by Gasteiger charge is -2.39. The third-order valence-electron chi connectivity index (χ3n) is 4.09. The maximum atomic E-state index is 13.5. The number of anilines is 1. The molecule has 2 heterocycles. The molecular weight excluding hydrogens is 215 g/mol. The van der Waals surface area contributed by atoms with Gasteiger partial charge in [0.1, 0.15) is 5.82 Å². The molecule has 1 aromatic carbocycles. The molecule has 3 rings (SSSR count). The van der Waals surface area contributed by atoms with Gasteiger partial charge in [-0.25, -0.2) is 4.39 Å². The molecule has 2 bridgehead atoms. The second kappa shape index (κ2) is 3.98. The Kier molecular flexibility index (Phi) is 2.58. The lowest BCUT2D eigenvalue weighted by atomic mass is 9.97. The second-order valence-corrected chi connectivity index (χ2v) is 5.51. The molecule has 2 unspecified atom stereocenters. The number of aryl methyl sites for hydroxylation is 1. The van der Waals surface area contributed by atoms with Crippen molar-refractivity contribution in [3.05, 3.63) is 29.6 Å². The summed E-state index contributed by atoms with van der Waals surface area (Å²) in [6.45, 7) is 1.95. The van der Waals surface area contributed by atoms with Crippen LogP contribution < -0.4 is 10.6 Å². The van der Waals surface area contributed by atoms with Gasteiger partial charge in [0.05, 0.1) is 0 Å². The van der Waals surface area contributed by atoms with Gasteiger partial charge in [0, 0.05) is 23.8 Å². The molecular formula is C14H19FN2. The molecule has 0 amide bonds. The van der Waals surface area contributed by atoms with Gasteiger partial charge >= 0.3 is 0 Å². The predicted octanol–water partition coefficient (Wildman–Crippen LogP) is 2.59. The van der Waals surface area contributed by atoms with E-state index < -0.39 is 0 Å². The number of benzene rings is 1. The van der Waals surface area contributed by atoms with E-state index >= 15 is 0 Å². The minimum Gasteiger partial charge on any atom is -0.365 e. The van der Waals surface area contributed by atoms with E-state index in [-0.39, 0.29) is 5.82 Å². The minimum absolute atomic E-state index is 0.130. The van der Waals surface area contributed by atoms with Gasteiger partial charge in [-0.15, -0.1) is 0 Å². The molecule has 2 nitrogen and oxygen atoms in total. The Morgan fingerprint density at radius 3 is 2.41 bits per heavy atom. The van der Waals surface area contributed by atoms with E-state index in [1.807, 2.05) is 6.92 Å². The highest BCUT2D eigenvalue weighted by atomic mass is 19.1. The number of fused-ring (bicyclic) bond motifs is 2. The maximum absolute atomic E-state index is 13.5. The van der Waals surface area contributed by atoms with E-state index in [2.05, 4.69) is 11.0 Å². The predicted molar refractivity (Wildman–Crippen MR) is 67.6 cm³/mol. The van der Waals surface area contributed by atoms with Crippen LogP contribution in [0.1, 0.15) is 31.2 Å². The third-order valence-corrected chi connectivity index (χ3v) is 4.09. The van der Waals surface area contributed by atoms with Crippen LogP contribution in [0.4, 0.5) is 10.1 Å². The van der Waals surface area contributed by atoms with Crippen LogP contribution in [-0.4, -0.2) is 18.1 Å². The average Bonchev–Trinajstić information content (AvgIpc) is 2.50. The SMILES string of the molecule is Cc1cc(F)cc(N2C3CCC2CC(N)C3)c1. The summed E-state index contributed by atoms with van der Waals surface area (Å²) >= 11 is 0. The van der Waals surface area contributed by atoms with Gasteiger partial charge in [-0.3, -0.25) is 0 Å². The quantitative estimate of drug-likeness (QED) is 0.809. The summed E-state index contributed by atoms with van der Waals surface area (Å²) in [4.78, 5) is 2.40. The van der Waals surface area contributed by atoms with Gasteiger partial charge in [-0.05, 0) is 56.4 Å². The molecule has 2 fully saturated rings. The number of hydrogen-bond donors (Lipinski definition) is 1. The van der Waals surface area contributed by atoms with Crippen molar-refractivity contribution < 1.29 is 4.39 Å². The Bertz CT molecular complexity index is 398. The number of piperidine rings is 1. The Labute approximate surface area is 102 Å². The topological polar surface area (TPSA) is 29.3 Å². The normalized spacial score (nSPS) is 31.9. The summed E-state index contributed by atoms with van der Waals surface area (Å²) in [5.41, 5.74) is 8.09. The van der Waals surface area contributed by atoms with E-state index in [9.17, 15) is 4.39 Å². The fourth-order valence-electron chi connectivity index (χ4n) is 3.51. The Balaban J connectivity index is 1.94. The van der Waals surface area contributed by atoms with Crippen LogP contribution in [0.5, 0.6) is 0 Å². The summed E-state index contributed by atoms with van der Waals surface area (Å²) in [6.07, 6.45) is 4.50. The van der Waals surface area contributed by atoms with E-state index in [1.54, 1.807) is 12.1 Å². The number of halogens is 1.